The first-order valence-corrected chi connectivity index (χ1v) is 7.81. The van der Waals surface area contributed by atoms with Crippen molar-refractivity contribution in [2.24, 2.45) is 4.99 Å². The van der Waals surface area contributed by atoms with Crippen LogP contribution in [-0.4, -0.2) is 10.5 Å². The first-order valence-electron chi connectivity index (χ1n) is 6.62. The summed E-state index contributed by atoms with van der Waals surface area (Å²) < 4.78 is 3.18. The van der Waals surface area contributed by atoms with Crippen LogP contribution >= 0.6 is 22.9 Å². The van der Waals surface area contributed by atoms with E-state index in [4.69, 9.17) is 11.6 Å². The average molecular weight is 317 g/mol. The molecule has 1 amide bonds. The Hall–Kier alpha value is -1.91. The minimum absolute atomic E-state index is 0.250. The largest absolute Gasteiger partial charge is 0.317 e. The van der Waals surface area contributed by atoms with Gasteiger partial charge in [0.25, 0.3) is 5.91 Å². The summed E-state index contributed by atoms with van der Waals surface area (Å²) in [5, 5.41) is 0.608. The van der Waals surface area contributed by atoms with Gasteiger partial charge in [0.05, 0.1) is 10.2 Å². The lowest BCUT2D eigenvalue weighted by molar-refractivity contribution is 0.0998. The number of para-hydroxylation sites is 1. The van der Waals surface area contributed by atoms with Crippen LogP contribution in [0.1, 0.15) is 17.3 Å². The summed E-state index contributed by atoms with van der Waals surface area (Å²) in [6, 6.07) is 14.8. The summed E-state index contributed by atoms with van der Waals surface area (Å²) in [4.78, 5) is 17.2. The number of thiazole rings is 1. The van der Waals surface area contributed by atoms with E-state index in [1.165, 1.54) is 11.3 Å². The lowest BCUT2D eigenvalue weighted by Gasteiger charge is -1.99. The van der Waals surface area contributed by atoms with Crippen molar-refractivity contribution in [2.45, 2.75) is 13.5 Å². The van der Waals surface area contributed by atoms with Gasteiger partial charge in [-0.3, -0.25) is 4.79 Å². The maximum absolute atomic E-state index is 12.3. The van der Waals surface area contributed by atoms with Gasteiger partial charge in [0, 0.05) is 17.1 Å². The van der Waals surface area contributed by atoms with Gasteiger partial charge in [-0.1, -0.05) is 35.1 Å². The normalized spacial score (nSPS) is 12.0. The molecule has 1 heterocycles. The zero-order valence-electron chi connectivity index (χ0n) is 11.4. The van der Waals surface area contributed by atoms with Crippen LogP contribution in [-0.2, 0) is 6.54 Å². The summed E-state index contributed by atoms with van der Waals surface area (Å²) >= 11 is 7.36. The molecular weight excluding hydrogens is 304 g/mol. The van der Waals surface area contributed by atoms with Crippen LogP contribution in [0.2, 0.25) is 5.02 Å². The maximum Gasteiger partial charge on any atom is 0.279 e. The Bertz CT molecular complexity index is 862. The lowest BCUT2D eigenvalue weighted by atomic mass is 10.2. The minimum Gasteiger partial charge on any atom is -0.317 e. The first-order chi connectivity index (χ1) is 10.2. The van der Waals surface area contributed by atoms with Crippen LogP contribution in [0, 0.1) is 0 Å². The molecule has 0 radical (unpaired) electrons. The van der Waals surface area contributed by atoms with E-state index in [9.17, 15) is 4.79 Å². The van der Waals surface area contributed by atoms with E-state index in [0.29, 0.717) is 10.6 Å². The van der Waals surface area contributed by atoms with Crippen LogP contribution in [0.25, 0.3) is 10.2 Å². The van der Waals surface area contributed by atoms with Gasteiger partial charge in [-0.05, 0) is 43.3 Å². The molecule has 3 nitrogen and oxygen atoms in total. The Morgan fingerprint density at radius 2 is 1.90 bits per heavy atom. The van der Waals surface area contributed by atoms with Crippen molar-refractivity contribution in [3.63, 3.8) is 0 Å². The SMILES string of the molecule is CCn1c(=NC(=O)c2ccc(Cl)cc2)sc2ccccc21. The van der Waals surface area contributed by atoms with Gasteiger partial charge >= 0.3 is 0 Å². The molecule has 0 spiro atoms. The third-order valence-corrected chi connectivity index (χ3v) is 4.50. The van der Waals surface area contributed by atoms with Crippen LogP contribution < -0.4 is 4.80 Å². The standard InChI is InChI=1S/C16H13ClN2OS/c1-2-19-13-5-3-4-6-14(13)21-16(19)18-15(20)11-7-9-12(17)10-8-11/h3-10H,2H2,1H3. The van der Waals surface area contributed by atoms with Crippen LogP contribution in [0.4, 0.5) is 0 Å². The summed E-state index contributed by atoms with van der Waals surface area (Å²) in [6.45, 7) is 2.82. The number of halogens is 1. The molecule has 2 aromatic carbocycles. The quantitative estimate of drug-likeness (QED) is 0.700. The highest BCUT2D eigenvalue weighted by Gasteiger charge is 2.07. The average Bonchev–Trinajstić information content (AvgIpc) is 2.84. The predicted octanol–water partition coefficient (Wildman–Crippen LogP) is 4.12. The van der Waals surface area contributed by atoms with Gasteiger partial charge in [0.15, 0.2) is 4.80 Å². The minimum atomic E-state index is -0.250. The number of amides is 1. The Balaban J connectivity index is 2.10. The fraction of sp³-hybridized carbons (Fsp3) is 0.125. The van der Waals surface area contributed by atoms with E-state index >= 15 is 0 Å². The molecule has 0 N–H and O–H groups in total. The number of aryl methyl sites for hydroxylation is 1. The molecule has 0 saturated heterocycles. The molecule has 0 aliphatic heterocycles. The molecular formula is C16H13ClN2OS. The third-order valence-electron chi connectivity index (χ3n) is 3.19. The van der Waals surface area contributed by atoms with Crippen molar-refractivity contribution >= 4 is 39.1 Å². The van der Waals surface area contributed by atoms with Crippen molar-refractivity contribution in [1.29, 1.82) is 0 Å². The van der Waals surface area contributed by atoms with E-state index in [0.717, 1.165) is 21.6 Å². The van der Waals surface area contributed by atoms with Crippen molar-refractivity contribution in [3.8, 4) is 0 Å². The van der Waals surface area contributed by atoms with Crippen molar-refractivity contribution in [2.75, 3.05) is 0 Å². The molecule has 3 rings (SSSR count). The number of carbonyl (C=O) groups is 1. The van der Waals surface area contributed by atoms with Gasteiger partial charge in [-0.2, -0.15) is 4.99 Å². The van der Waals surface area contributed by atoms with Crippen LogP contribution in [0.15, 0.2) is 53.5 Å². The highest BCUT2D eigenvalue weighted by molar-refractivity contribution is 7.16. The number of rotatable bonds is 2. The van der Waals surface area contributed by atoms with Crippen LogP contribution in [0.5, 0.6) is 0 Å². The predicted molar refractivity (Wildman–Crippen MR) is 86.8 cm³/mol. The molecule has 21 heavy (non-hydrogen) atoms. The summed E-state index contributed by atoms with van der Waals surface area (Å²) in [7, 11) is 0. The number of nitrogens with zero attached hydrogens (tertiary/aromatic N) is 2. The van der Waals surface area contributed by atoms with Gasteiger partial charge in [-0.15, -0.1) is 0 Å². The van der Waals surface area contributed by atoms with E-state index in [2.05, 4.69) is 4.99 Å². The molecule has 0 atom stereocenters. The molecule has 1 aromatic heterocycles. The van der Waals surface area contributed by atoms with E-state index < -0.39 is 0 Å². The lowest BCUT2D eigenvalue weighted by Crippen LogP contribution is -2.15. The van der Waals surface area contributed by atoms with Crippen molar-refractivity contribution in [1.82, 2.24) is 4.57 Å². The number of benzene rings is 2. The zero-order valence-corrected chi connectivity index (χ0v) is 13.0. The van der Waals surface area contributed by atoms with Crippen LogP contribution in [0.3, 0.4) is 0 Å². The van der Waals surface area contributed by atoms with Crippen molar-refractivity contribution in [3.05, 3.63) is 63.9 Å². The number of hydrogen-bond acceptors (Lipinski definition) is 2. The summed E-state index contributed by atoms with van der Waals surface area (Å²) in [6.07, 6.45) is 0. The first kappa shape index (κ1) is 14.0. The van der Waals surface area contributed by atoms with Gasteiger partial charge in [0.1, 0.15) is 0 Å². The molecule has 0 bridgehead atoms. The summed E-state index contributed by atoms with van der Waals surface area (Å²) in [5.74, 6) is -0.250. The third kappa shape index (κ3) is 2.77. The second kappa shape index (κ2) is 5.84. The molecule has 5 heteroatoms. The maximum atomic E-state index is 12.3. The smallest absolute Gasteiger partial charge is 0.279 e. The number of carbonyl (C=O) groups excluding carboxylic acids is 1. The monoisotopic (exact) mass is 316 g/mol. The second-order valence-corrected chi connectivity index (χ2v) is 5.97. The van der Waals surface area contributed by atoms with Gasteiger partial charge in [0.2, 0.25) is 0 Å². The topological polar surface area (TPSA) is 34.4 Å². The number of aromatic nitrogens is 1. The van der Waals surface area contributed by atoms with E-state index in [-0.39, 0.29) is 5.91 Å². The fourth-order valence-electron chi connectivity index (χ4n) is 2.16. The molecule has 0 aliphatic carbocycles. The van der Waals surface area contributed by atoms with E-state index in [1.807, 2.05) is 35.8 Å². The molecule has 0 saturated carbocycles. The Kier molecular flexibility index (Phi) is 3.90. The molecule has 0 aliphatic rings. The Morgan fingerprint density at radius 1 is 1.19 bits per heavy atom. The van der Waals surface area contributed by atoms with Crippen molar-refractivity contribution < 1.29 is 4.79 Å². The molecule has 3 aromatic rings. The molecule has 106 valence electrons. The highest BCUT2D eigenvalue weighted by atomic mass is 35.5. The van der Waals surface area contributed by atoms with Gasteiger partial charge in [-0.25, -0.2) is 0 Å². The number of hydrogen-bond donors (Lipinski definition) is 0. The molecule has 0 unspecified atom stereocenters. The fourth-order valence-corrected chi connectivity index (χ4v) is 3.37. The Labute approximate surface area is 131 Å². The van der Waals surface area contributed by atoms with E-state index in [1.54, 1.807) is 24.3 Å². The zero-order chi connectivity index (χ0) is 14.8. The Morgan fingerprint density at radius 3 is 2.62 bits per heavy atom. The van der Waals surface area contributed by atoms with Gasteiger partial charge < -0.3 is 4.57 Å². The summed E-state index contributed by atoms with van der Waals surface area (Å²) in [5.41, 5.74) is 1.65. The number of fused-ring (bicyclic) bond motifs is 1. The second-order valence-electron chi connectivity index (χ2n) is 4.52. The molecule has 0 fully saturated rings. The highest BCUT2D eigenvalue weighted by Crippen LogP contribution is 2.17.